The molecule has 0 radical (unpaired) electrons. The number of benzene rings is 1. The van der Waals surface area contributed by atoms with E-state index in [1.54, 1.807) is 0 Å². The molecule has 1 heterocycles. The third kappa shape index (κ3) is 1.61. The number of aliphatic hydroxyl groups excluding tert-OH is 1. The van der Waals surface area contributed by atoms with Gasteiger partial charge in [0, 0.05) is 0 Å². The molecular formula is C13H17NO2. The molecule has 1 aromatic rings. The largest absolute Gasteiger partial charge is 0.481 e. The zero-order valence-corrected chi connectivity index (χ0v) is 9.73. The molecule has 0 aromatic heterocycles. The van der Waals surface area contributed by atoms with E-state index in [4.69, 9.17) is 4.74 Å². The van der Waals surface area contributed by atoms with Crippen LogP contribution in [0.4, 0.5) is 0 Å². The first kappa shape index (κ1) is 11.1. The number of ether oxygens (including phenoxy) is 1. The molecule has 0 saturated heterocycles. The second-order valence-electron chi connectivity index (χ2n) is 4.20. The maximum atomic E-state index is 9.63. The summed E-state index contributed by atoms with van der Waals surface area (Å²) in [7, 11) is 0. The average molecular weight is 219 g/mol. The highest BCUT2D eigenvalue weighted by molar-refractivity contribution is 5.89. The van der Waals surface area contributed by atoms with Crippen molar-refractivity contribution in [2.75, 3.05) is 13.2 Å². The smallest absolute Gasteiger partial charge is 0.196 e. The minimum Gasteiger partial charge on any atom is -0.481 e. The number of hydrogen-bond donors (Lipinski definition) is 1. The van der Waals surface area contributed by atoms with Crippen LogP contribution in [0.5, 0.6) is 0 Å². The summed E-state index contributed by atoms with van der Waals surface area (Å²) in [5.41, 5.74) is 1.80. The van der Waals surface area contributed by atoms with Crippen LogP contribution in [0, 0.1) is 0 Å². The molecule has 3 heteroatoms. The average Bonchev–Trinajstić information content (AvgIpc) is 2.33. The van der Waals surface area contributed by atoms with Crippen LogP contribution >= 0.6 is 0 Å². The predicted molar refractivity (Wildman–Crippen MR) is 63.6 cm³/mol. The predicted octanol–water partition coefficient (Wildman–Crippen LogP) is 1.89. The lowest BCUT2D eigenvalue weighted by Gasteiger charge is -2.33. The van der Waals surface area contributed by atoms with Gasteiger partial charge in [-0.05, 0) is 25.0 Å². The number of rotatable bonds is 2. The Hall–Kier alpha value is -1.35. The van der Waals surface area contributed by atoms with Crippen LogP contribution in [0.25, 0.3) is 0 Å². The molecule has 0 spiro atoms. The molecule has 2 rings (SSSR count). The van der Waals surface area contributed by atoms with Gasteiger partial charge >= 0.3 is 0 Å². The van der Waals surface area contributed by atoms with Crippen molar-refractivity contribution in [2.45, 2.75) is 25.8 Å². The maximum absolute atomic E-state index is 9.63. The van der Waals surface area contributed by atoms with Crippen LogP contribution in [-0.4, -0.2) is 24.2 Å². The topological polar surface area (TPSA) is 41.8 Å². The van der Waals surface area contributed by atoms with Gasteiger partial charge < -0.3 is 9.84 Å². The van der Waals surface area contributed by atoms with E-state index in [1.807, 2.05) is 32.0 Å². The molecule has 1 aliphatic rings. The van der Waals surface area contributed by atoms with Crippen molar-refractivity contribution in [2.24, 2.45) is 4.99 Å². The van der Waals surface area contributed by atoms with E-state index in [0.29, 0.717) is 19.0 Å². The zero-order chi connectivity index (χ0) is 11.6. The first-order valence-electron chi connectivity index (χ1n) is 5.59. The van der Waals surface area contributed by atoms with E-state index in [-0.39, 0.29) is 6.61 Å². The number of fused-ring (bicyclic) bond motifs is 1. The minimum atomic E-state index is -0.495. The Kier molecular flexibility index (Phi) is 2.97. The Morgan fingerprint density at radius 1 is 1.44 bits per heavy atom. The molecule has 1 unspecified atom stereocenters. The second kappa shape index (κ2) is 4.26. The van der Waals surface area contributed by atoms with E-state index >= 15 is 0 Å². The Morgan fingerprint density at radius 2 is 2.19 bits per heavy atom. The van der Waals surface area contributed by atoms with Gasteiger partial charge in [-0.25, -0.2) is 0 Å². The van der Waals surface area contributed by atoms with Crippen LogP contribution in [0.1, 0.15) is 25.0 Å². The lowest BCUT2D eigenvalue weighted by Crippen LogP contribution is -2.41. The SMILES string of the molecule is CCOC1=NCc2ccccc2C1(C)CO. The summed E-state index contributed by atoms with van der Waals surface area (Å²) >= 11 is 0. The molecule has 0 aliphatic carbocycles. The number of aliphatic hydroxyl groups is 1. The Morgan fingerprint density at radius 3 is 2.88 bits per heavy atom. The summed E-state index contributed by atoms with van der Waals surface area (Å²) in [5.74, 6) is 0.649. The van der Waals surface area contributed by atoms with Gasteiger partial charge in [0.15, 0.2) is 5.90 Å². The van der Waals surface area contributed by atoms with Gasteiger partial charge in [0.1, 0.15) is 0 Å². The van der Waals surface area contributed by atoms with Crippen molar-refractivity contribution >= 4 is 5.90 Å². The third-order valence-corrected chi connectivity index (χ3v) is 3.07. The van der Waals surface area contributed by atoms with E-state index in [1.165, 1.54) is 5.56 Å². The van der Waals surface area contributed by atoms with Gasteiger partial charge in [0.05, 0.1) is 25.2 Å². The molecule has 3 nitrogen and oxygen atoms in total. The maximum Gasteiger partial charge on any atom is 0.196 e. The van der Waals surface area contributed by atoms with Crippen LogP contribution < -0.4 is 0 Å². The Bertz CT molecular complexity index is 414. The van der Waals surface area contributed by atoms with Crippen molar-refractivity contribution < 1.29 is 9.84 Å². The molecular weight excluding hydrogens is 202 g/mol. The molecule has 16 heavy (non-hydrogen) atoms. The number of aliphatic imine (C=N–C) groups is 1. The summed E-state index contributed by atoms with van der Waals surface area (Å²) in [6, 6.07) is 8.08. The van der Waals surface area contributed by atoms with E-state index in [9.17, 15) is 5.11 Å². The summed E-state index contributed by atoms with van der Waals surface area (Å²) in [6.07, 6.45) is 0. The quantitative estimate of drug-likeness (QED) is 0.825. The van der Waals surface area contributed by atoms with Gasteiger partial charge in [0.2, 0.25) is 0 Å². The van der Waals surface area contributed by atoms with Crippen molar-refractivity contribution in [3.05, 3.63) is 35.4 Å². The van der Waals surface area contributed by atoms with Crippen molar-refractivity contribution in [1.29, 1.82) is 0 Å². The van der Waals surface area contributed by atoms with E-state index < -0.39 is 5.41 Å². The van der Waals surface area contributed by atoms with Crippen LogP contribution in [0.3, 0.4) is 0 Å². The van der Waals surface area contributed by atoms with Crippen LogP contribution in [-0.2, 0) is 16.7 Å². The monoisotopic (exact) mass is 219 g/mol. The molecule has 0 amide bonds. The van der Waals surface area contributed by atoms with Gasteiger partial charge in [-0.3, -0.25) is 4.99 Å². The molecule has 1 atom stereocenters. The molecule has 1 aliphatic heterocycles. The Balaban J connectivity index is 2.47. The van der Waals surface area contributed by atoms with Crippen LogP contribution in [0.2, 0.25) is 0 Å². The zero-order valence-electron chi connectivity index (χ0n) is 9.73. The molecule has 86 valence electrons. The van der Waals surface area contributed by atoms with Crippen LogP contribution in [0.15, 0.2) is 29.3 Å². The number of nitrogens with zero attached hydrogens (tertiary/aromatic N) is 1. The first-order valence-corrected chi connectivity index (χ1v) is 5.59. The molecule has 1 N–H and O–H groups in total. The molecule has 0 fully saturated rings. The highest BCUT2D eigenvalue weighted by atomic mass is 16.5. The fourth-order valence-corrected chi connectivity index (χ4v) is 2.14. The van der Waals surface area contributed by atoms with Crippen molar-refractivity contribution in [3.63, 3.8) is 0 Å². The van der Waals surface area contributed by atoms with Crippen molar-refractivity contribution in [3.8, 4) is 0 Å². The summed E-state index contributed by atoms with van der Waals surface area (Å²) in [5, 5.41) is 9.63. The van der Waals surface area contributed by atoms with Gasteiger partial charge in [-0.1, -0.05) is 24.3 Å². The standard InChI is InChI=1S/C13H17NO2/c1-3-16-12-13(2,9-15)11-7-5-4-6-10(11)8-14-12/h4-7,15H,3,8-9H2,1-2H3. The normalized spacial score (nSPS) is 23.6. The van der Waals surface area contributed by atoms with Gasteiger partial charge in [0.25, 0.3) is 0 Å². The fraction of sp³-hybridized carbons (Fsp3) is 0.462. The second-order valence-corrected chi connectivity index (χ2v) is 4.20. The lowest BCUT2D eigenvalue weighted by atomic mass is 9.78. The van der Waals surface area contributed by atoms with E-state index in [0.717, 1.165) is 5.56 Å². The Labute approximate surface area is 95.8 Å². The minimum absolute atomic E-state index is 0.0167. The summed E-state index contributed by atoms with van der Waals surface area (Å²) in [4.78, 5) is 4.42. The summed E-state index contributed by atoms with van der Waals surface area (Å²) in [6.45, 7) is 5.14. The van der Waals surface area contributed by atoms with E-state index in [2.05, 4.69) is 11.1 Å². The third-order valence-electron chi connectivity index (χ3n) is 3.07. The fourth-order valence-electron chi connectivity index (χ4n) is 2.14. The first-order chi connectivity index (χ1) is 7.72. The number of hydrogen-bond acceptors (Lipinski definition) is 3. The summed E-state index contributed by atoms with van der Waals surface area (Å²) < 4.78 is 5.54. The molecule has 0 bridgehead atoms. The van der Waals surface area contributed by atoms with Gasteiger partial charge in [-0.15, -0.1) is 0 Å². The lowest BCUT2D eigenvalue weighted by molar-refractivity contribution is 0.206. The highest BCUT2D eigenvalue weighted by Crippen LogP contribution is 2.33. The van der Waals surface area contributed by atoms with Crippen molar-refractivity contribution in [1.82, 2.24) is 0 Å². The molecule has 0 saturated carbocycles. The van der Waals surface area contributed by atoms with Gasteiger partial charge in [-0.2, -0.15) is 0 Å². The molecule has 1 aromatic carbocycles. The highest BCUT2D eigenvalue weighted by Gasteiger charge is 2.37.